The molecule has 0 fully saturated rings. The minimum atomic E-state index is -3.05. The number of aromatic amines is 1. The van der Waals surface area contributed by atoms with E-state index in [-0.39, 0.29) is 5.75 Å². The highest BCUT2D eigenvalue weighted by Gasteiger charge is 2.14. The Morgan fingerprint density at radius 2 is 2.00 bits per heavy atom. The Hall–Kier alpha value is -2.41. The fraction of sp³-hybridized carbons (Fsp3) is 0.250. The molecule has 6 nitrogen and oxygen atoms in total. The summed E-state index contributed by atoms with van der Waals surface area (Å²) in [5, 5.41) is 0. The van der Waals surface area contributed by atoms with Gasteiger partial charge in [-0.05, 0) is 23.8 Å². The van der Waals surface area contributed by atoms with Crippen molar-refractivity contribution in [3.8, 4) is 0 Å². The predicted octanol–water partition coefficient (Wildman–Crippen LogP) is 2.01. The molecule has 1 N–H and O–H groups in total. The Morgan fingerprint density at radius 1 is 1.17 bits per heavy atom. The zero-order valence-corrected chi connectivity index (χ0v) is 13.6. The molecular formula is C16H18N4O2S. The molecule has 0 bridgehead atoms. The maximum Gasteiger partial charge on any atom is 0.204 e. The van der Waals surface area contributed by atoms with Gasteiger partial charge >= 0.3 is 0 Å². The third-order valence-electron chi connectivity index (χ3n) is 3.50. The number of fused-ring (bicyclic) bond motifs is 1. The van der Waals surface area contributed by atoms with E-state index in [0.29, 0.717) is 19.0 Å². The first-order valence-corrected chi connectivity index (χ1v) is 9.34. The number of pyridine rings is 1. The van der Waals surface area contributed by atoms with Gasteiger partial charge < -0.3 is 9.88 Å². The van der Waals surface area contributed by atoms with Gasteiger partial charge in [-0.3, -0.25) is 4.98 Å². The first kappa shape index (κ1) is 15.5. The SMILES string of the molecule is CS(=O)(=O)CCN(Cc1cccnc1)c1nc2ccccc2[nH]1. The second-order valence-corrected chi connectivity index (χ2v) is 7.75. The summed E-state index contributed by atoms with van der Waals surface area (Å²) in [6.07, 6.45) is 4.73. The van der Waals surface area contributed by atoms with Crippen molar-refractivity contribution >= 4 is 26.8 Å². The Labute approximate surface area is 135 Å². The smallest absolute Gasteiger partial charge is 0.204 e. The monoisotopic (exact) mass is 330 g/mol. The Balaban J connectivity index is 1.89. The number of rotatable bonds is 6. The molecule has 0 radical (unpaired) electrons. The highest BCUT2D eigenvalue weighted by atomic mass is 32.2. The summed E-state index contributed by atoms with van der Waals surface area (Å²) in [5.41, 5.74) is 2.79. The van der Waals surface area contributed by atoms with Crippen molar-refractivity contribution in [3.05, 3.63) is 54.4 Å². The first-order chi connectivity index (χ1) is 11.0. The van der Waals surface area contributed by atoms with Crippen molar-refractivity contribution in [1.82, 2.24) is 15.0 Å². The number of sulfone groups is 1. The molecule has 120 valence electrons. The van der Waals surface area contributed by atoms with Gasteiger partial charge in [0.1, 0.15) is 9.84 Å². The van der Waals surface area contributed by atoms with E-state index in [1.165, 1.54) is 6.26 Å². The minimum absolute atomic E-state index is 0.0737. The topological polar surface area (TPSA) is 79.0 Å². The van der Waals surface area contributed by atoms with Crippen molar-refractivity contribution in [2.45, 2.75) is 6.54 Å². The van der Waals surface area contributed by atoms with Crippen LogP contribution in [0, 0.1) is 0 Å². The van der Waals surface area contributed by atoms with Gasteiger partial charge in [0.15, 0.2) is 0 Å². The van der Waals surface area contributed by atoms with Crippen LogP contribution in [0.3, 0.4) is 0 Å². The molecule has 2 aromatic heterocycles. The summed E-state index contributed by atoms with van der Waals surface area (Å²) in [6.45, 7) is 0.913. The van der Waals surface area contributed by atoms with Crippen LogP contribution in [0.1, 0.15) is 5.56 Å². The van der Waals surface area contributed by atoms with Gasteiger partial charge in [0.2, 0.25) is 5.95 Å². The summed E-state index contributed by atoms with van der Waals surface area (Å²) < 4.78 is 23.0. The summed E-state index contributed by atoms with van der Waals surface area (Å²) in [7, 11) is -3.05. The van der Waals surface area contributed by atoms with Crippen LogP contribution in [-0.4, -0.2) is 41.9 Å². The third-order valence-corrected chi connectivity index (χ3v) is 4.43. The molecule has 0 unspecified atom stereocenters. The van der Waals surface area contributed by atoms with E-state index in [2.05, 4.69) is 15.0 Å². The van der Waals surface area contributed by atoms with Gasteiger partial charge in [0, 0.05) is 31.7 Å². The number of imidazole rings is 1. The highest BCUT2D eigenvalue weighted by Crippen LogP contribution is 2.18. The molecule has 0 aliphatic rings. The summed E-state index contributed by atoms with van der Waals surface area (Å²) in [5.74, 6) is 0.739. The third kappa shape index (κ3) is 4.07. The van der Waals surface area contributed by atoms with Crippen molar-refractivity contribution in [1.29, 1.82) is 0 Å². The van der Waals surface area contributed by atoms with Gasteiger partial charge in [-0.25, -0.2) is 13.4 Å². The lowest BCUT2D eigenvalue weighted by Gasteiger charge is -2.21. The minimum Gasteiger partial charge on any atom is -0.337 e. The van der Waals surface area contributed by atoms with Gasteiger partial charge in [0.05, 0.1) is 16.8 Å². The van der Waals surface area contributed by atoms with E-state index in [1.807, 2.05) is 41.3 Å². The van der Waals surface area contributed by atoms with Crippen molar-refractivity contribution < 1.29 is 8.42 Å². The van der Waals surface area contributed by atoms with E-state index in [4.69, 9.17) is 0 Å². The van der Waals surface area contributed by atoms with Crippen LogP contribution in [0.25, 0.3) is 11.0 Å². The zero-order chi connectivity index (χ0) is 16.3. The molecule has 7 heteroatoms. The quantitative estimate of drug-likeness (QED) is 0.748. The molecule has 3 aromatic rings. The Bertz CT molecular complexity index is 858. The number of nitrogens with one attached hydrogen (secondary N) is 1. The zero-order valence-electron chi connectivity index (χ0n) is 12.8. The molecule has 0 aliphatic carbocycles. The van der Waals surface area contributed by atoms with Crippen molar-refractivity contribution in [2.24, 2.45) is 0 Å². The second-order valence-electron chi connectivity index (χ2n) is 5.49. The van der Waals surface area contributed by atoms with Crippen LogP contribution in [0.2, 0.25) is 0 Å². The van der Waals surface area contributed by atoms with Gasteiger partial charge in [0.25, 0.3) is 0 Å². The number of H-pyrrole nitrogens is 1. The normalized spacial score (nSPS) is 11.7. The summed E-state index contributed by atoms with van der Waals surface area (Å²) in [4.78, 5) is 13.9. The molecule has 1 aromatic carbocycles. The van der Waals surface area contributed by atoms with Crippen LogP contribution in [0.15, 0.2) is 48.8 Å². The molecule has 23 heavy (non-hydrogen) atoms. The number of aromatic nitrogens is 3. The van der Waals surface area contributed by atoms with E-state index < -0.39 is 9.84 Å². The van der Waals surface area contributed by atoms with E-state index in [9.17, 15) is 8.42 Å². The summed E-state index contributed by atoms with van der Waals surface area (Å²) in [6, 6.07) is 11.6. The second kappa shape index (κ2) is 6.37. The van der Waals surface area contributed by atoms with Crippen LogP contribution in [0.4, 0.5) is 5.95 Å². The molecule has 0 spiro atoms. The maximum atomic E-state index is 11.5. The van der Waals surface area contributed by atoms with Gasteiger partial charge in [-0.2, -0.15) is 0 Å². The van der Waals surface area contributed by atoms with Gasteiger partial charge in [-0.1, -0.05) is 18.2 Å². The van der Waals surface area contributed by atoms with E-state index in [0.717, 1.165) is 16.6 Å². The number of benzene rings is 1. The average Bonchev–Trinajstić information content (AvgIpc) is 2.95. The number of hydrogen-bond donors (Lipinski definition) is 1. The fourth-order valence-corrected chi connectivity index (χ4v) is 2.89. The maximum absolute atomic E-state index is 11.5. The lowest BCUT2D eigenvalue weighted by Crippen LogP contribution is -2.29. The standard InChI is InChI=1S/C16H18N4O2S/c1-23(21,22)10-9-20(12-13-5-4-8-17-11-13)16-18-14-6-2-3-7-15(14)19-16/h2-8,11H,9-10,12H2,1H3,(H,18,19). The molecule has 3 rings (SSSR count). The Kier molecular flexibility index (Phi) is 4.29. The average molecular weight is 330 g/mol. The van der Waals surface area contributed by atoms with Crippen molar-refractivity contribution in [3.63, 3.8) is 0 Å². The fourth-order valence-electron chi connectivity index (χ4n) is 2.34. The lowest BCUT2D eigenvalue weighted by atomic mass is 10.3. The lowest BCUT2D eigenvalue weighted by molar-refractivity contribution is 0.599. The molecule has 0 amide bonds. The van der Waals surface area contributed by atoms with Crippen LogP contribution < -0.4 is 4.90 Å². The molecule has 0 saturated carbocycles. The largest absolute Gasteiger partial charge is 0.337 e. The Morgan fingerprint density at radius 3 is 2.70 bits per heavy atom. The molecular weight excluding hydrogens is 312 g/mol. The number of para-hydroxylation sites is 2. The van der Waals surface area contributed by atoms with Crippen LogP contribution in [-0.2, 0) is 16.4 Å². The van der Waals surface area contributed by atoms with E-state index >= 15 is 0 Å². The van der Waals surface area contributed by atoms with Crippen molar-refractivity contribution in [2.75, 3.05) is 23.5 Å². The van der Waals surface area contributed by atoms with Crippen LogP contribution >= 0.6 is 0 Å². The molecule has 0 saturated heterocycles. The number of nitrogens with zero attached hydrogens (tertiary/aromatic N) is 3. The van der Waals surface area contributed by atoms with Gasteiger partial charge in [-0.15, -0.1) is 0 Å². The number of hydrogen-bond acceptors (Lipinski definition) is 5. The molecule has 2 heterocycles. The predicted molar refractivity (Wildman–Crippen MR) is 91.1 cm³/mol. The molecule has 0 aliphatic heterocycles. The molecule has 0 atom stereocenters. The van der Waals surface area contributed by atoms with Crippen LogP contribution in [0.5, 0.6) is 0 Å². The highest BCUT2D eigenvalue weighted by molar-refractivity contribution is 7.90. The first-order valence-electron chi connectivity index (χ1n) is 7.27. The summed E-state index contributed by atoms with van der Waals surface area (Å²) >= 11 is 0. The van der Waals surface area contributed by atoms with E-state index in [1.54, 1.807) is 12.4 Å². The number of anilines is 1.